The average molecular weight is 265 g/mol. The van der Waals surface area contributed by atoms with Crippen LogP contribution in [-0.4, -0.2) is 18.4 Å². The Morgan fingerprint density at radius 3 is 2.55 bits per heavy atom. The van der Waals surface area contributed by atoms with Gasteiger partial charge in [-0.1, -0.05) is 12.1 Å². The van der Waals surface area contributed by atoms with Crippen molar-refractivity contribution in [3.05, 3.63) is 53.7 Å². The Balaban J connectivity index is 2.12. The zero-order valence-electron chi connectivity index (χ0n) is 11.4. The van der Waals surface area contributed by atoms with Crippen molar-refractivity contribution in [2.24, 2.45) is 0 Å². The summed E-state index contributed by atoms with van der Waals surface area (Å²) in [5.74, 6) is 0.599. The van der Waals surface area contributed by atoms with Gasteiger partial charge in [0.15, 0.2) is 6.29 Å². The van der Waals surface area contributed by atoms with Crippen LogP contribution in [0.2, 0.25) is 0 Å². The Labute approximate surface area is 117 Å². The third-order valence-electron chi connectivity index (χ3n) is 3.45. The topological polar surface area (TPSA) is 42.1 Å². The molecule has 2 aromatic carbocycles. The number of rotatable bonds is 3. The minimum atomic E-state index is 0.565. The van der Waals surface area contributed by atoms with Gasteiger partial charge in [0, 0.05) is 16.6 Å². The highest BCUT2D eigenvalue weighted by Gasteiger charge is 2.06. The highest BCUT2D eigenvalue weighted by atomic mass is 16.5. The number of carbonyl (C=O) groups excluding carboxylic acids is 1. The number of H-pyrrole nitrogens is 1. The van der Waals surface area contributed by atoms with Crippen molar-refractivity contribution in [1.29, 1.82) is 0 Å². The van der Waals surface area contributed by atoms with Gasteiger partial charge in [-0.25, -0.2) is 0 Å². The molecule has 0 radical (unpaired) electrons. The van der Waals surface area contributed by atoms with E-state index in [0.717, 1.165) is 28.6 Å². The molecule has 0 fully saturated rings. The second kappa shape index (κ2) is 4.85. The van der Waals surface area contributed by atoms with Gasteiger partial charge in [-0.15, -0.1) is 0 Å². The summed E-state index contributed by atoms with van der Waals surface area (Å²) in [5, 5.41) is 1.17. The van der Waals surface area contributed by atoms with Crippen LogP contribution in [0.25, 0.3) is 22.0 Å². The lowest BCUT2D eigenvalue weighted by molar-refractivity contribution is 0.112. The smallest absolute Gasteiger partial charge is 0.153 e. The lowest BCUT2D eigenvalue weighted by atomic mass is 10.0. The van der Waals surface area contributed by atoms with Gasteiger partial charge < -0.3 is 9.72 Å². The van der Waals surface area contributed by atoms with Crippen LogP contribution in [0.1, 0.15) is 16.1 Å². The summed E-state index contributed by atoms with van der Waals surface area (Å²) in [6, 6.07) is 14.0. The number of aldehydes is 1. The van der Waals surface area contributed by atoms with Gasteiger partial charge in [-0.3, -0.25) is 4.79 Å². The molecular weight excluding hydrogens is 250 g/mol. The fraction of sp³-hybridized carbons (Fsp3) is 0.118. The number of hydrogen-bond donors (Lipinski definition) is 1. The van der Waals surface area contributed by atoms with Crippen molar-refractivity contribution in [3.8, 4) is 16.9 Å². The fourth-order valence-electron chi connectivity index (χ4n) is 2.46. The van der Waals surface area contributed by atoms with Crippen molar-refractivity contribution < 1.29 is 9.53 Å². The van der Waals surface area contributed by atoms with Crippen LogP contribution in [0.15, 0.2) is 42.5 Å². The Morgan fingerprint density at radius 1 is 1.05 bits per heavy atom. The first kappa shape index (κ1) is 12.5. The first-order valence-corrected chi connectivity index (χ1v) is 6.44. The first-order chi connectivity index (χ1) is 9.71. The summed E-state index contributed by atoms with van der Waals surface area (Å²) < 4.78 is 5.16. The highest BCUT2D eigenvalue weighted by Crippen LogP contribution is 2.28. The Bertz CT molecular complexity index is 787. The lowest BCUT2D eigenvalue weighted by Gasteiger charge is -2.07. The summed E-state index contributed by atoms with van der Waals surface area (Å²) in [6.45, 7) is 2.04. The normalized spacial score (nSPS) is 10.7. The maximum absolute atomic E-state index is 11.1. The van der Waals surface area contributed by atoms with E-state index in [1.165, 1.54) is 5.39 Å². The summed E-state index contributed by atoms with van der Waals surface area (Å²) in [5.41, 5.74) is 4.92. The Hall–Kier alpha value is -2.55. The number of aromatic nitrogens is 1. The molecule has 0 aliphatic rings. The Kier molecular flexibility index (Phi) is 3.03. The molecule has 3 rings (SSSR count). The van der Waals surface area contributed by atoms with E-state index in [4.69, 9.17) is 4.74 Å². The predicted molar refractivity (Wildman–Crippen MR) is 80.4 cm³/mol. The monoisotopic (exact) mass is 265 g/mol. The summed E-state index contributed by atoms with van der Waals surface area (Å²) in [4.78, 5) is 14.4. The Morgan fingerprint density at radius 2 is 1.80 bits per heavy atom. The van der Waals surface area contributed by atoms with Gasteiger partial charge in [-0.2, -0.15) is 0 Å². The van der Waals surface area contributed by atoms with Gasteiger partial charge in [0.1, 0.15) is 5.75 Å². The van der Waals surface area contributed by atoms with E-state index in [2.05, 4.69) is 29.2 Å². The van der Waals surface area contributed by atoms with Crippen molar-refractivity contribution in [2.75, 3.05) is 7.11 Å². The number of hydrogen-bond acceptors (Lipinski definition) is 2. The number of carbonyl (C=O) groups is 1. The molecule has 3 nitrogen and oxygen atoms in total. The first-order valence-electron chi connectivity index (χ1n) is 6.44. The molecule has 1 aromatic heterocycles. The van der Waals surface area contributed by atoms with E-state index >= 15 is 0 Å². The molecular formula is C17H15NO2. The summed E-state index contributed by atoms with van der Waals surface area (Å²) >= 11 is 0. The lowest BCUT2D eigenvalue weighted by Crippen LogP contribution is -1.91. The minimum Gasteiger partial charge on any atom is -0.496 e. The average Bonchev–Trinajstić information content (AvgIpc) is 2.85. The number of methoxy groups -OCH3 is 1. The molecule has 1 N–H and O–H groups in total. The third-order valence-corrected chi connectivity index (χ3v) is 3.45. The molecule has 0 unspecified atom stereocenters. The van der Waals surface area contributed by atoms with Crippen molar-refractivity contribution in [2.45, 2.75) is 6.92 Å². The molecule has 1 heterocycles. The van der Waals surface area contributed by atoms with Gasteiger partial charge >= 0.3 is 0 Å². The summed E-state index contributed by atoms with van der Waals surface area (Å²) in [6.07, 6.45) is 0.821. The van der Waals surface area contributed by atoms with Gasteiger partial charge in [0.25, 0.3) is 0 Å². The minimum absolute atomic E-state index is 0.565. The number of aryl methyl sites for hydroxylation is 1. The van der Waals surface area contributed by atoms with E-state index in [1.807, 2.05) is 25.1 Å². The van der Waals surface area contributed by atoms with Gasteiger partial charge in [0.05, 0.1) is 12.7 Å². The standard InChI is InChI=1S/C17H15NO2/c1-11-7-14-8-12(3-5-16(14)18-11)13-4-6-17(20-2)15(9-13)10-19/h3-10,18H,1-2H3. The number of ether oxygens (including phenoxy) is 1. The molecule has 0 spiro atoms. The van der Waals surface area contributed by atoms with E-state index in [1.54, 1.807) is 7.11 Å². The molecule has 0 bridgehead atoms. The van der Waals surface area contributed by atoms with Crippen LogP contribution in [0.4, 0.5) is 0 Å². The molecule has 0 aliphatic heterocycles. The number of nitrogens with one attached hydrogen (secondary N) is 1. The van der Waals surface area contributed by atoms with Crippen LogP contribution < -0.4 is 4.74 Å². The number of benzene rings is 2. The molecule has 20 heavy (non-hydrogen) atoms. The van der Waals surface area contributed by atoms with Gasteiger partial charge in [0.2, 0.25) is 0 Å². The van der Waals surface area contributed by atoms with E-state index < -0.39 is 0 Å². The van der Waals surface area contributed by atoms with Crippen LogP contribution in [0.5, 0.6) is 5.75 Å². The second-order valence-electron chi connectivity index (χ2n) is 4.83. The van der Waals surface area contributed by atoms with Crippen molar-refractivity contribution in [1.82, 2.24) is 4.98 Å². The molecule has 100 valence electrons. The zero-order chi connectivity index (χ0) is 14.1. The van der Waals surface area contributed by atoms with Crippen molar-refractivity contribution >= 4 is 17.2 Å². The third kappa shape index (κ3) is 2.07. The maximum atomic E-state index is 11.1. The van der Waals surface area contributed by atoms with E-state index in [-0.39, 0.29) is 0 Å². The van der Waals surface area contributed by atoms with Crippen LogP contribution in [-0.2, 0) is 0 Å². The molecule has 3 heteroatoms. The highest BCUT2D eigenvalue weighted by molar-refractivity contribution is 5.88. The van der Waals surface area contributed by atoms with Gasteiger partial charge in [-0.05, 0) is 48.4 Å². The summed E-state index contributed by atoms with van der Waals surface area (Å²) in [7, 11) is 1.57. The molecule has 0 amide bonds. The number of aromatic amines is 1. The van der Waals surface area contributed by atoms with Crippen molar-refractivity contribution in [3.63, 3.8) is 0 Å². The number of fused-ring (bicyclic) bond motifs is 1. The SMILES string of the molecule is COc1ccc(-c2ccc3[nH]c(C)cc3c2)cc1C=O. The second-order valence-corrected chi connectivity index (χ2v) is 4.83. The van der Waals surface area contributed by atoms with E-state index in [0.29, 0.717) is 11.3 Å². The fourth-order valence-corrected chi connectivity index (χ4v) is 2.46. The van der Waals surface area contributed by atoms with E-state index in [9.17, 15) is 4.79 Å². The van der Waals surface area contributed by atoms with Crippen LogP contribution >= 0.6 is 0 Å². The maximum Gasteiger partial charge on any atom is 0.153 e. The molecule has 0 atom stereocenters. The molecule has 0 saturated carbocycles. The van der Waals surface area contributed by atoms with Crippen LogP contribution in [0, 0.1) is 6.92 Å². The predicted octanol–water partition coefficient (Wildman–Crippen LogP) is 3.96. The molecule has 0 aliphatic carbocycles. The quantitative estimate of drug-likeness (QED) is 0.728. The largest absolute Gasteiger partial charge is 0.496 e. The zero-order valence-corrected chi connectivity index (χ0v) is 11.4. The molecule has 0 saturated heterocycles. The van der Waals surface area contributed by atoms with Crippen LogP contribution in [0.3, 0.4) is 0 Å². The molecule has 3 aromatic rings.